The Morgan fingerprint density at radius 3 is 2.55 bits per heavy atom. The molecular weight excluding hydrogens is 399 g/mol. The topological polar surface area (TPSA) is 106 Å². The molecule has 0 unspecified atom stereocenters. The van der Waals surface area contributed by atoms with Crippen LogP contribution in [0.15, 0.2) is 64.0 Å². The lowest BCUT2D eigenvalue weighted by Crippen LogP contribution is -2.30. The predicted molar refractivity (Wildman–Crippen MR) is 102 cm³/mol. The fourth-order valence-electron chi connectivity index (χ4n) is 2.54. The monoisotopic (exact) mass is 416 g/mol. The number of aryl methyl sites for hydroxylation is 1. The summed E-state index contributed by atoms with van der Waals surface area (Å²) < 4.78 is 45.1. The maximum absolute atomic E-state index is 13.0. The van der Waals surface area contributed by atoms with Gasteiger partial charge in [-0.25, -0.2) is 22.5 Å². The second-order valence-electron chi connectivity index (χ2n) is 6.24. The summed E-state index contributed by atoms with van der Waals surface area (Å²) in [6, 6.07) is 11.1. The molecule has 2 aromatic carbocycles. The average molecular weight is 416 g/mol. The Hall–Kier alpha value is -3.33. The smallest absolute Gasteiger partial charge is 0.264 e. The molecule has 0 aliphatic carbocycles. The molecule has 9 heteroatoms. The molecule has 0 saturated heterocycles. The number of rotatable bonds is 7. The zero-order valence-corrected chi connectivity index (χ0v) is 16.2. The van der Waals surface area contributed by atoms with Gasteiger partial charge in [-0.05, 0) is 43.3 Å². The van der Waals surface area contributed by atoms with Crippen molar-refractivity contribution in [2.24, 2.45) is 0 Å². The number of benzene rings is 2. The summed E-state index contributed by atoms with van der Waals surface area (Å²) >= 11 is 0. The van der Waals surface area contributed by atoms with Crippen molar-refractivity contribution in [3.8, 4) is 11.3 Å². The van der Waals surface area contributed by atoms with Crippen molar-refractivity contribution in [1.82, 2.24) is 9.71 Å². The highest BCUT2D eigenvalue weighted by Gasteiger charge is 2.19. The molecule has 0 aliphatic rings. The van der Waals surface area contributed by atoms with Crippen LogP contribution in [0.25, 0.3) is 11.3 Å². The molecule has 1 amide bonds. The Labute approximate surface area is 166 Å². The first-order chi connectivity index (χ1) is 13.7. The molecule has 29 heavy (non-hydrogen) atoms. The van der Waals surface area contributed by atoms with Gasteiger partial charge in [0.25, 0.3) is 10.0 Å². The van der Waals surface area contributed by atoms with Crippen LogP contribution in [-0.4, -0.2) is 25.1 Å². The van der Waals surface area contributed by atoms with Crippen molar-refractivity contribution in [3.63, 3.8) is 0 Å². The van der Waals surface area contributed by atoms with Gasteiger partial charge in [0.2, 0.25) is 5.91 Å². The van der Waals surface area contributed by atoms with Crippen molar-refractivity contribution in [2.45, 2.75) is 24.7 Å². The fraction of sp³-hybridized carbons (Fsp3) is 0.150. The van der Waals surface area contributed by atoms with Crippen LogP contribution >= 0.6 is 0 Å². The standard InChI is InChI=1S/C20H17FN2O5S/c1-13(24)15-3-2-4-17(11-15)29(26,27)23-19(25)9-10-20-22-12-18(28-20)14-5-7-16(21)8-6-14/h2-8,11-12H,9-10H2,1H3,(H,23,25). The summed E-state index contributed by atoms with van der Waals surface area (Å²) in [5.41, 5.74) is 0.857. The van der Waals surface area contributed by atoms with Crippen LogP contribution in [-0.2, 0) is 21.2 Å². The van der Waals surface area contributed by atoms with E-state index in [1.165, 1.54) is 61.7 Å². The third-order valence-corrected chi connectivity index (χ3v) is 5.42. The number of nitrogens with one attached hydrogen (secondary N) is 1. The zero-order valence-electron chi connectivity index (χ0n) is 15.4. The van der Waals surface area contributed by atoms with E-state index in [-0.39, 0.29) is 40.8 Å². The number of nitrogens with zero attached hydrogens (tertiary/aromatic N) is 1. The molecule has 150 valence electrons. The number of Topliss-reactive ketones (excluding diaryl/α,β-unsaturated/α-hetero) is 1. The number of amides is 1. The number of sulfonamides is 1. The van der Waals surface area contributed by atoms with E-state index in [2.05, 4.69) is 4.98 Å². The second-order valence-corrected chi connectivity index (χ2v) is 7.92. The molecule has 0 aliphatic heterocycles. The maximum atomic E-state index is 13.0. The van der Waals surface area contributed by atoms with Gasteiger partial charge in [0.1, 0.15) is 5.82 Å². The van der Waals surface area contributed by atoms with E-state index in [9.17, 15) is 22.4 Å². The van der Waals surface area contributed by atoms with Gasteiger partial charge in [0.05, 0.1) is 11.1 Å². The van der Waals surface area contributed by atoms with Crippen LogP contribution in [0.2, 0.25) is 0 Å². The largest absolute Gasteiger partial charge is 0.441 e. The van der Waals surface area contributed by atoms with Gasteiger partial charge >= 0.3 is 0 Å². The van der Waals surface area contributed by atoms with Crippen LogP contribution in [0.5, 0.6) is 0 Å². The average Bonchev–Trinajstić information content (AvgIpc) is 3.16. The first-order valence-corrected chi connectivity index (χ1v) is 10.1. The third kappa shape index (κ3) is 5.14. The highest BCUT2D eigenvalue weighted by Crippen LogP contribution is 2.21. The Morgan fingerprint density at radius 2 is 1.86 bits per heavy atom. The number of oxazole rings is 1. The molecule has 0 fully saturated rings. The predicted octanol–water partition coefficient (Wildman–Crippen LogP) is 3.12. The van der Waals surface area contributed by atoms with Gasteiger partial charge in [-0.15, -0.1) is 0 Å². The van der Waals surface area contributed by atoms with Crippen molar-refractivity contribution in [2.75, 3.05) is 0 Å². The van der Waals surface area contributed by atoms with Crippen LogP contribution in [0.1, 0.15) is 29.6 Å². The quantitative estimate of drug-likeness (QED) is 0.593. The molecule has 3 aromatic rings. The van der Waals surface area contributed by atoms with Crippen LogP contribution in [0, 0.1) is 5.82 Å². The lowest BCUT2D eigenvalue weighted by Gasteiger charge is -2.07. The lowest BCUT2D eigenvalue weighted by molar-refractivity contribution is -0.119. The van der Waals surface area contributed by atoms with E-state index in [1.807, 2.05) is 4.72 Å². The van der Waals surface area contributed by atoms with Gasteiger partial charge in [0.15, 0.2) is 17.4 Å². The number of aromatic nitrogens is 1. The van der Waals surface area contributed by atoms with E-state index in [0.717, 1.165) is 0 Å². The van der Waals surface area contributed by atoms with E-state index in [0.29, 0.717) is 11.3 Å². The SMILES string of the molecule is CC(=O)c1cccc(S(=O)(=O)NC(=O)CCc2ncc(-c3ccc(F)cc3)o2)c1. The summed E-state index contributed by atoms with van der Waals surface area (Å²) in [7, 11) is -4.10. The van der Waals surface area contributed by atoms with E-state index >= 15 is 0 Å². The molecule has 0 saturated carbocycles. The molecule has 3 rings (SSSR count). The number of halogens is 1. The number of ketones is 1. The molecular formula is C20H17FN2O5S. The van der Waals surface area contributed by atoms with Crippen molar-refractivity contribution >= 4 is 21.7 Å². The summed E-state index contributed by atoms with van der Waals surface area (Å²) in [6.45, 7) is 1.32. The molecule has 7 nitrogen and oxygen atoms in total. The maximum Gasteiger partial charge on any atom is 0.264 e. The molecule has 0 atom stereocenters. The molecule has 1 aromatic heterocycles. The Morgan fingerprint density at radius 1 is 1.14 bits per heavy atom. The molecule has 1 heterocycles. The lowest BCUT2D eigenvalue weighted by atomic mass is 10.2. The highest BCUT2D eigenvalue weighted by molar-refractivity contribution is 7.90. The van der Waals surface area contributed by atoms with Crippen LogP contribution < -0.4 is 4.72 Å². The highest BCUT2D eigenvalue weighted by atomic mass is 32.2. The van der Waals surface area contributed by atoms with E-state index < -0.39 is 15.9 Å². The van der Waals surface area contributed by atoms with Gasteiger partial charge < -0.3 is 4.42 Å². The number of hydrogen-bond acceptors (Lipinski definition) is 6. The summed E-state index contributed by atoms with van der Waals surface area (Å²) in [6.07, 6.45) is 1.36. The van der Waals surface area contributed by atoms with Crippen molar-refractivity contribution < 1.29 is 26.8 Å². The van der Waals surface area contributed by atoms with E-state index in [1.54, 1.807) is 0 Å². The summed E-state index contributed by atoms with van der Waals surface area (Å²) in [5.74, 6) is -0.737. The molecule has 1 N–H and O–H groups in total. The first kappa shape index (κ1) is 20.4. The second kappa shape index (κ2) is 8.36. The Bertz CT molecular complexity index is 1150. The van der Waals surface area contributed by atoms with E-state index in [4.69, 9.17) is 4.42 Å². The zero-order chi connectivity index (χ0) is 21.0. The van der Waals surface area contributed by atoms with Crippen LogP contribution in [0.4, 0.5) is 4.39 Å². The number of carbonyl (C=O) groups is 2. The van der Waals surface area contributed by atoms with Gasteiger partial charge in [-0.2, -0.15) is 0 Å². The van der Waals surface area contributed by atoms with Gasteiger partial charge in [-0.1, -0.05) is 12.1 Å². The molecule has 0 radical (unpaired) electrons. The number of carbonyl (C=O) groups excluding carboxylic acids is 2. The minimum absolute atomic E-state index is 0.0794. The summed E-state index contributed by atoms with van der Waals surface area (Å²) in [4.78, 5) is 27.4. The van der Waals surface area contributed by atoms with Gasteiger partial charge in [-0.3, -0.25) is 9.59 Å². The first-order valence-electron chi connectivity index (χ1n) is 8.62. The summed E-state index contributed by atoms with van der Waals surface area (Å²) in [5, 5.41) is 0. The van der Waals surface area contributed by atoms with Gasteiger partial charge in [0, 0.05) is 24.0 Å². The van der Waals surface area contributed by atoms with Crippen molar-refractivity contribution in [1.29, 1.82) is 0 Å². The normalized spacial score (nSPS) is 11.2. The van der Waals surface area contributed by atoms with Crippen LogP contribution in [0.3, 0.4) is 0 Å². The van der Waals surface area contributed by atoms with Crippen molar-refractivity contribution in [3.05, 3.63) is 72.0 Å². The fourth-order valence-corrected chi connectivity index (χ4v) is 3.60. The minimum atomic E-state index is -4.10. The number of hydrogen-bond donors (Lipinski definition) is 1. The Kier molecular flexibility index (Phi) is 5.88. The third-order valence-electron chi connectivity index (χ3n) is 4.05. The molecule has 0 spiro atoms. The minimum Gasteiger partial charge on any atom is -0.441 e. The Balaban J connectivity index is 1.62. The molecule has 0 bridgehead atoms.